The van der Waals surface area contributed by atoms with E-state index in [2.05, 4.69) is 16.8 Å². The average molecular weight is 168 g/mol. The van der Waals surface area contributed by atoms with Gasteiger partial charge in [-0.1, -0.05) is 6.08 Å². The predicted octanol–water partition coefficient (Wildman–Crippen LogP) is 0.0368. The highest BCUT2D eigenvalue weighted by Gasteiger charge is 2.11. The Bertz CT molecular complexity index is 162. The molecule has 0 atom stereocenters. The van der Waals surface area contributed by atoms with E-state index in [1.165, 1.54) is 0 Å². The first-order valence-electron chi connectivity index (χ1n) is 4.38. The van der Waals surface area contributed by atoms with Crippen LogP contribution in [0.5, 0.6) is 0 Å². The highest BCUT2D eigenvalue weighted by molar-refractivity contribution is 5.81. The molecule has 0 aromatic heterocycles. The summed E-state index contributed by atoms with van der Waals surface area (Å²) in [4.78, 5) is 13.4. The number of carbonyl (C=O) groups is 1. The van der Waals surface area contributed by atoms with E-state index < -0.39 is 0 Å². The molecule has 12 heavy (non-hydrogen) atoms. The number of allylic oxidation sites excluding steroid dienone is 1. The highest BCUT2D eigenvalue weighted by atomic mass is 16.1. The molecule has 68 valence electrons. The first kappa shape index (κ1) is 9.42. The van der Waals surface area contributed by atoms with Crippen molar-refractivity contribution in [1.82, 2.24) is 10.2 Å². The maximum atomic E-state index is 11.2. The third-order valence-electron chi connectivity index (χ3n) is 1.98. The van der Waals surface area contributed by atoms with Gasteiger partial charge in [0.1, 0.15) is 0 Å². The maximum Gasteiger partial charge on any atom is 0.150 e. The number of rotatable bonds is 4. The van der Waals surface area contributed by atoms with Crippen molar-refractivity contribution in [2.75, 3.05) is 32.7 Å². The molecule has 0 aliphatic carbocycles. The van der Waals surface area contributed by atoms with E-state index in [9.17, 15) is 4.79 Å². The minimum absolute atomic E-state index is 0.270. The third-order valence-corrected chi connectivity index (χ3v) is 1.98. The quantitative estimate of drug-likeness (QED) is 0.601. The lowest BCUT2D eigenvalue weighted by atomic mass is 10.2. The monoisotopic (exact) mass is 168 g/mol. The van der Waals surface area contributed by atoms with Crippen LogP contribution in [0.4, 0.5) is 0 Å². The Morgan fingerprint density at radius 1 is 1.50 bits per heavy atom. The summed E-state index contributed by atoms with van der Waals surface area (Å²) in [7, 11) is 0. The van der Waals surface area contributed by atoms with Gasteiger partial charge < -0.3 is 5.32 Å². The van der Waals surface area contributed by atoms with Crippen molar-refractivity contribution in [3.63, 3.8) is 0 Å². The first-order valence-corrected chi connectivity index (χ1v) is 4.38. The van der Waals surface area contributed by atoms with Gasteiger partial charge in [0.2, 0.25) is 0 Å². The second kappa shape index (κ2) is 5.06. The number of hydrogen-bond acceptors (Lipinski definition) is 3. The summed E-state index contributed by atoms with van der Waals surface area (Å²) in [6.07, 6.45) is 2.18. The summed E-state index contributed by atoms with van der Waals surface area (Å²) in [5, 5.41) is 3.25. The average Bonchev–Trinajstić information content (AvgIpc) is 2.06. The van der Waals surface area contributed by atoms with E-state index in [0.717, 1.165) is 26.2 Å². The maximum absolute atomic E-state index is 11.2. The van der Waals surface area contributed by atoms with Crippen LogP contribution in [0.1, 0.15) is 6.42 Å². The molecule has 3 heteroatoms. The summed E-state index contributed by atoms with van der Waals surface area (Å²) in [6, 6.07) is 0. The van der Waals surface area contributed by atoms with Gasteiger partial charge in [-0.05, 0) is 0 Å². The number of nitrogens with zero attached hydrogens (tertiary/aromatic N) is 1. The zero-order chi connectivity index (χ0) is 8.81. The zero-order valence-electron chi connectivity index (χ0n) is 7.38. The molecule has 1 rings (SSSR count). The molecule has 0 spiro atoms. The van der Waals surface area contributed by atoms with E-state index in [1.54, 1.807) is 6.08 Å². The summed E-state index contributed by atoms with van der Waals surface area (Å²) in [5.41, 5.74) is 0. The summed E-state index contributed by atoms with van der Waals surface area (Å²) in [6.45, 7) is 8.11. The van der Waals surface area contributed by atoms with Crippen LogP contribution in [0.3, 0.4) is 0 Å². The van der Waals surface area contributed by atoms with Gasteiger partial charge in [-0.3, -0.25) is 9.69 Å². The second-order valence-electron chi connectivity index (χ2n) is 3.06. The molecule has 0 radical (unpaired) electrons. The minimum Gasteiger partial charge on any atom is -0.314 e. The van der Waals surface area contributed by atoms with Crippen molar-refractivity contribution in [3.8, 4) is 0 Å². The van der Waals surface area contributed by atoms with Gasteiger partial charge in [-0.15, -0.1) is 6.58 Å². The van der Waals surface area contributed by atoms with Crippen LogP contribution in [-0.4, -0.2) is 43.4 Å². The Morgan fingerprint density at radius 3 is 2.75 bits per heavy atom. The molecule has 1 aliphatic rings. The molecular formula is C9H16N2O. The van der Waals surface area contributed by atoms with Crippen molar-refractivity contribution >= 4 is 5.78 Å². The number of Topliss-reactive ketones (excluding diaryl/α,β-unsaturated/α-hetero) is 1. The Kier molecular flexibility index (Phi) is 3.97. The van der Waals surface area contributed by atoms with Gasteiger partial charge >= 0.3 is 0 Å². The number of carbonyl (C=O) groups excluding carboxylic acids is 1. The number of nitrogens with one attached hydrogen (secondary N) is 1. The van der Waals surface area contributed by atoms with Gasteiger partial charge in [0.15, 0.2) is 5.78 Å². The van der Waals surface area contributed by atoms with E-state index in [4.69, 9.17) is 0 Å². The van der Waals surface area contributed by atoms with E-state index in [1.807, 2.05) is 0 Å². The molecule has 1 fully saturated rings. The van der Waals surface area contributed by atoms with Gasteiger partial charge in [-0.25, -0.2) is 0 Å². The first-order chi connectivity index (χ1) is 5.83. The molecule has 3 nitrogen and oxygen atoms in total. The lowest BCUT2D eigenvalue weighted by Crippen LogP contribution is -2.45. The van der Waals surface area contributed by atoms with E-state index in [-0.39, 0.29) is 5.78 Å². The topological polar surface area (TPSA) is 32.3 Å². The summed E-state index contributed by atoms with van der Waals surface area (Å²) in [5.74, 6) is 0.270. The minimum atomic E-state index is 0.270. The molecule has 1 aliphatic heterocycles. The van der Waals surface area contributed by atoms with Crippen molar-refractivity contribution < 1.29 is 4.79 Å². The molecule has 0 saturated carbocycles. The SMILES string of the molecule is C=CCC(=O)CN1CCNCC1. The van der Waals surface area contributed by atoms with Crippen molar-refractivity contribution in [2.24, 2.45) is 0 Å². The van der Waals surface area contributed by atoms with Gasteiger partial charge in [0.05, 0.1) is 6.54 Å². The third kappa shape index (κ3) is 3.15. The predicted molar refractivity (Wildman–Crippen MR) is 49.1 cm³/mol. The van der Waals surface area contributed by atoms with Crippen LogP contribution in [-0.2, 0) is 4.79 Å². The number of ketones is 1. The second-order valence-corrected chi connectivity index (χ2v) is 3.06. The van der Waals surface area contributed by atoms with Crippen LogP contribution in [0, 0.1) is 0 Å². The van der Waals surface area contributed by atoms with E-state index in [0.29, 0.717) is 13.0 Å². The van der Waals surface area contributed by atoms with Crippen LogP contribution in [0.2, 0.25) is 0 Å². The molecule has 0 amide bonds. The van der Waals surface area contributed by atoms with Crippen molar-refractivity contribution in [1.29, 1.82) is 0 Å². The standard InChI is InChI=1S/C9H16N2O/c1-2-3-9(12)8-11-6-4-10-5-7-11/h2,10H,1,3-8H2. The molecule has 0 aromatic carbocycles. The fourth-order valence-electron chi connectivity index (χ4n) is 1.34. The van der Waals surface area contributed by atoms with Crippen LogP contribution >= 0.6 is 0 Å². The van der Waals surface area contributed by atoms with Crippen LogP contribution in [0.25, 0.3) is 0 Å². The molecule has 1 heterocycles. The fraction of sp³-hybridized carbons (Fsp3) is 0.667. The van der Waals surface area contributed by atoms with E-state index >= 15 is 0 Å². The molecule has 1 N–H and O–H groups in total. The molecule has 0 aromatic rings. The smallest absolute Gasteiger partial charge is 0.150 e. The number of hydrogen-bond donors (Lipinski definition) is 1. The Hall–Kier alpha value is -0.670. The molecule has 0 unspecified atom stereocenters. The van der Waals surface area contributed by atoms with Gasteiger partial charge in [0, 0.05) is 32.6 Å². The zero-order valence-corrected chi connectivity index (χ0v) is 7.38. The van der Waals surface area contributed by atoms with Crippen LogP contribution in [0.15, 0.2) is 12.7 Å². The van der Waals surface area contributed by atoms with Crippen LogP contribution < -0.4 is 5.32 Å². The molecular weight excluding hydrogens is 152 g/mol. The molecule has 1 saturated heterocycles. The fourth-order valence-corrected chi connectivity index (χ4v) is 1.34. The Balaban J connectivity index is 2.19. The van der Waals surface area contributed by atoms with Crippen molar-refractivity contribution in [3.05, 3.63) is 12.7 Å². The Morgan fingerprint density at radius 2 is 2.17 bits per heavy atom. The Labute approximate surface area is 73.4 Å². The number of piperazine rings is 1. The lowest BCUT2D eigenvalue weighted by Gasteiger charge is -2.26. The normalized spacial score (nSPS) is 19.0. The highest BCUT2D eigenvalue weighted by Crippen LogP contribution is 1.94. The lowest BCUT2D eigenvalue weighted by molar-refractivity contribution is -0.119. The molecule has 0 bridgehead atoms. The summed E-state index contributed by atoms with van der Waals surface area (Å²) < 4.78 is 0. The van der Waals surface area contributed by atoms with Gasteiger partial charge in [-0.2, -0.15) is 0 Å². The summed E-state index contributed by atoms with van der Waals surface area (Å²) >= 11 is 0. The van der Waals surface area contributed by atoms with Crippen molar-refractivity contribution in [2.45, 2.75) is 6.42 Å². The largest absolute Gasteiger partial charge is 0.314 e. The van der Waals surface area contributed by atoms with Gasteiger partial charge in [0.25, 0.3) is 0 Å².